The molecule has 0 radical (unpaired) electrons. The van der Waals surface area contributed by atoms with Crippen LogP contribution in [0.25, 0.3) is 0 Å². The first-order valence-corrected chi connectivity index (χ1v) is 4.48. The highest BCUT2D eigenvalue weighted by atomic mass is 16.3. The Kier molecular flexibility index (Phi) is 2.93. The van der Waals surface area contributed by atoms with Crippen LogP contribution in [0.4, 0.5) is 0 Å². The van der Waals surface area contributed by atoms with E-state index in [2.05, 4.69) is 5.10 Å². The third-order valence-electron chi connectivity index (χ3n) is 2.10. The lowest BCUT2D eigenvalue weighted by Crippen LogP contribution is -2.21. The zero-order valence-corrected chi connectivity index (χ0v) is 8.29. The van der Waals surface area contributed by atoms with Crippen molar-refractivity contribution in [3.05, 3.63) is 21.6 Å². The Morgan fingerprint density at radius 2 is 2.15 bits per heavy atom. The molecule has 2 N–H and O–H groups in total. The van der Waals surface area contributed by atoms with E-state index in [0.717, 1.165) is 5.69 Å². The minimum absolute atomic E-state index is 0.0125. The molecule has 0 aliphatic carbocycles. The van der Waals surface area contributed by atoms with Crippen molar-refractivity contribution in [2.75, 3.05) is 6.61 Å². The van der Waals surface area contributed by atoms with Gasteiger partial charge in [0, 0.05) is 30.3 Å². The number of aryl methyl sites for hydroxylation is 1. The summed E-state index contributed by atoms with van der Waals surface area (Å²) in [6.07, 6.45) is 0.431. The van der Waals surface area contributed by atoms with Crippen LogP contribution < -0.4 is 5.56 Å². The molecular formula is C9H16N2O2. The van der Waals surface area contributed by atoms with Crippen LogP contribution >= 0.6 is 0 Å². The van der Waals surface area contributed by atoms with Crippen molar-refractivity contribution in [2.24, 2.45) is 0 Å². The van der Waals surface area contributed by atoms with E-state index in [1.54, 1.807) is 4.68 Å². The SMILES string of the molecule is Cc1[nH]n(C(C)C)c(=O)c1CCO. The Hall–Kier alpha value is -1.03. The monoisotopic (exact) mass is 184 g/mol. The van der Waals surface area contributed by atoms with Crippen molar-refractivity contribution in [1.82, 2.24) is 9.78 Å². The largest absolute Gasteiger partial charge is 0.396 e. The third kappa shape index (κ3) is 1.83. The highest BCUT2D eigenvalue weighted by Gasteiger charge is 2.11. The second-order valence-corrected chi connectivity index (χ2v) is 3.46. The lowest BCUT2D eigenvalue weighted by Gasteiger charge is -2.03. The van der Waals surface area contributed by atoms with Crippen LogP contribution in [-0.2, 0) is 6.42 Å². The summed E-state index contributed by atoms with van der Waals surface area (Å²) in [6.45, 7) is 5.76. The van der Waals surface area contributed by atoms with E-state index in [1.807, 2.05) is 20.8 Å². The molecule has 0 aliphatic heterocycles. The molecule has 0 aromatic carbocycles. The van der Waals surface area contributed by atoms with Crippen LogP contribution in [-0.4, -0.2) is 21.5 Å². The van der Waals surface area contributed by atoms with Crippen molar-refractivity contribution in [1.29, 1.82) is 0 Å². The van der Waals surface area contributed by atoms with Crippen LogP contribution in [0.15, 0.2) is 4.79 Å². The van der Waals surface area contributed by atoms with E-state index in [0.29, 0.717) is 12.0 Å². The molecule has 1 aromatic heterocycles. The van der Waals surface area contributed by atoms with Gasteiger partial charge >= 0.3 is 0 Å². The minimum Gasteiger partial charge on any atom is -0.396 e. The number of nitrogens with zero attached hydrogens (tertiary/aromatic N) is 1. The molecule has 0 unspecified atom stereocenters. The molecule has 4 nitrogen and oxygen atoms in total. The molecule has 0 fully saturated rings. The Morgan fingerprint density at radius 1 is 1.54 bits per heavy atom. The normalized spacial score (nSPS) is 11.2. The van der Waals surface area contributed by atoms with Gasteiger partial charge in [0.25, 0.3) is 5.56 Å². The van der Waals surface area contributed by atoms with Crippen molar-refractivity contribution < 1.29 is 5.11 Å². The molecule has 0 bridgehead atoms. The van der Waals surface area contributed by atoms with Gasteiger partial charge < -0.3 is 5.11 Å². The van der Waals surface area contributed by atoms with Crippen molar-refractivity contribution in [3.63, 3.8) is 0 Å². The van der Waals surface area contributed by atoms with Crippen LogP contribution in [0.3, 0.4) is 0 Å². The quantitative estimate of drug-likeness (QED) is 0.722. The number of H-pyrrole nitrogens is 1. The molecule has 0 amide bonds. The lowest BCUT2D eigenvalue weighted by molar-refractivity contribution is 0.299. The third-order valence-corrected chi connectivity index (χ3v) is 2.10. The number of aromatic nitrogens is 2. The summed E-state index contributed by atoms with van der Waals surface area (Å²) in [5.41, 5.74) is 1.53. The average Bonchev–Trinajstić information content (AvgIpc) is 2.32. The first-order valence-electron chi connectivity index (χ1n) is 4.48. The van der Waals surface area contributed by atoms with E-state index in [-0.39, 0.29) is 18.2 Å². The maximum Gasteiger partial charge on any atom is 0.270 e. The zero-order valence-electron chi connectivity index (χ0n) is 8.29. The second kappa shape index (κ2) is 3.79. The molecule has 0 aliphatic rings. The molecule has 74 valence electrons. The number of nitrogens with one attached hydrogen (secondary N) is 1. The summed E-state index contributed by atoms with van der Waals surface area (Å²) in [5, 5.41) is 11.7. The van der Waals surface area contributed by atoms with Gasteiger partial charge in [-0.05, 0) is 20.8 Å². The fourth-order valence-corrected chi connectivity index (χ4v) is 1.37. The summed E-state index contributed by atoms with van der Waals surface area (Å²) in [7, 11) is 0. The summed E-state index contributed by atoms with van der Waals surface area (Å²) < 4.78 is 1.58. The molecular weight excluding hydrogens is 168 g/mol. The highest BCUT2D eigenvalue weighted by Crippen LogP contribution is 2.04. The predicted molar refractivity (Wildman–Crippen MR) is 51.0 cm³/mol. The molecule has 1 heterocycles. The van der Waals surface area contributed by atoms with Gasteiger partial charge in [0.15, 0.2) is 0 Å². The van der Waals surface area contributed by atoms with Crippen LogP contribution in [0, 0.1) is 6.92 Å². The van der Waals surface area contributed by atoms with Crippen LogP contribution in [0.2, 0.25) is 0 Å². The minimum atomic E-state index is -0.0125. The Balaban J connectivity index is 3.15. The van der Waals surface area contributed by atoms with Crippen molar-refractivity contribution in [3.8, 4) is 0 Å². The van der Waals surface area contributed by atoms with Crippen LogP contribution in [0.5, 0.6) is 0 Å². The average molecular weight is 184 g/mol. The standard InChI is InChI=1S/C9H16N2O2/c1-6(2)11-9(13)8(4-5-12)7(3)10-11/h6,10,12H,4-5H2,1-3H3. The number of aliphatic hydroxyl groups excluding tert-OH is 1. The molecule has 1 rings (SSSR count). The Morgan fingerprint density at radius 3 is 2.54 bits per heavy atom. The van der Waals surface area contributed by atoms with Crippen LogP contribution in [0.1, 0.15) is 31.1 Å². The molecule has 0 spiro atoms. The van der Waals surface area contributed by atoms with Gasteiger partial charge in [-0.3, -0.25) is 14.6 Å². The predicted octanol–water partition coefficient (Wildman–Crippen LogP) is 0.601. The maximum absolute atomic E-state index is 11.6. The van der Waals surface area contributed by atoms with Gasteiger partial charge in [-0.25, -0.2) is 0 Å². The molecule has 4 heteroatoms. The van der Waals surface area contributed by atoms with Crippen molar-refractivity contribution >= 4 is 0 Å². The zero-order chi connectivity index (χ0) is 10.0. The molecule has 13 heavy (non-hydrogen) atoms. The first-order chi connectivity index (χ1) is 6.07. The summed E-state index contributed by atoms with van der Waals surface area (Å²) in [5.74, 6) is 0. The van der Waals surface area contributed by atoms with Gasteiger partial charge in [0.05, 0.1) is 0 Å². The summed E-state index contributed by atoms with van der Waals surface area (Å²) in [6, 6.07) is 0.138. The lowest BCUT2D eigenvalue weighted by atomic mass is 10.2. The van der Waals surface area contributed by atoms with Gasteiger partial charge in [-0.1, -0.05) is 0 Å². The molecule has 0 atom stereocenters. The Labute approximate surface area is 77.2 Å². The highest BCUT2D eigenvalue weighted by molar-refractivity contribution is 5.16. The van der Waals surface area contributed by atoms with Gasteiger partial charge in [-0.2, -0.15) is 0 Å². The fourth-order valence-electron chi connectivity index (χ4n) is 1.37. The number of hydrogen-bond donors (Lipinski definition) is 2. The number of hydrogen-bond acceptors (Lipinski definition) is 2. The maximum atomic E-state index is 11.6. The molecule has 0 saturated carbocycles. The van der Waals surface area contributed by atoms with E-state index < -0.39 is 0 Å². The number of rotatable bonds is 3. The fraction of sp³-hybridized carbons (Fsp3) is 0.667. The van der Waals surface area contributed by atoms with E-state index >= 15 is 0 Å². The smallest absolute Gasteiger partial charge is 0.270 e. The van der Waals surface area contributed by atoms with Gasteiger partial charge in [0.1, 0.15) is 0 Å². The van der Waals surface area contributed by atoms with E-state index in [9.17, 15) is 4.79 Å². The van der Waals surface area contributed by atoms with Gasteiger partial charge in [0.2, 0.25) is 0 Å². The molecule has 0 saturated heterocycles. The van der Waals surface area contributed by atoms with Crippen molar-refractivity contribution in [2.45, 2.75) is 33.2 Å². The summed E-state index contributed by atoms with van der Waals surface area (Å²) >= 11 is 0. The Bertz CT molecular complexity index is 336. The van der Waals surface area contributed by atoms with Gasteiger partial charge in [-0.15, -0.1) is 0 Å². The topological polar surface area (TPSA) is 58.0 Å². The van der Waals surface area contributed by atoms with E-state index in [1.165, 1.54) is 0 Å². The number of aliphatic hydroxyl groups is 1. The molecule has 1 aromatic rings. The summed E-state index contributed by atoms with van der Waals surface area (Å²) in [4.78, 5) is 11.6. The van der Waals surface area contributed by atoms with E-state index in [4.69, 9.17) is 5.11 Å². The first kappa shape index (κ1) is 10.1. The number of aromatic amines is 1. The second-order valence-electron chi connectivity index (χ2n) is 3.46.